The summed E-state index contributed by atoms with van der Waals surface area (Å²) >= 11 is 1.40. The van der Waals surface area contributed by atoms with Crippen LogP contribution in [0.25, 0.3) is 0 Å². The van der Waals surface area contributed by atoms with E-state index in [1.807, 2.05) is 13.0 Å². The van der Waals surface area contributed by atoms with Gasteiger partial charge in [-0.05, 0) is 18.6 Å². The lowest BCUT2D eigenvalue weighted by molar-refractivity contribution is 0.0601. The van der Waals surface area contributed by atoms with Crippen molar-refractivity contribution >= 4 is 23.4 Å². The van der Waals surface area contributed by atoms with Crippen LogP contribution in [0.2, 0.25) is 0 Å². The van der Waals surface area contributed by atoms with Gasteiger partial charge < -0.3 is 14.9 Å². The summed E-state index contributed by atoms with van der Waals surface area (Å²) in [5, 5.41) is 0.566. The summed E-state index contributed by atoms with van der Waals surface area (Å²) in [6.07, 6.45) is 1.59. The summed E-state index contributed by atoms with van der Waals surface area (Å²) < 4.78 is 9.99. The molecule has 1 aromatic heterocycles. The fourth-order valence-electron chi connectivity index (χ4n) is 1.63. The molecule has 0 saturated heterocycles. The number of anilines is 1. The topological polar surface area (TPSA) is 78.4 Å². The van der Waals surface area contributed by atoms with E-state index in [4.69, 9.17) is 14.9 Å². The van der Waals surface area contributed by atoms with Crippen molar-refractivity contribution in [2.75, 3.05) is 12.8 Å². The largest absolute Gasteiger partial charge is 0.465 e. The van der Waals surface area contributed by atoms with Gasteiger partial charge in [0.15, 0.2) is 0 Å². The number of aryl methyl sites for hydroxylation is 1. The highest BCUT2D eigenvalue weighted by molar-refractivity contribution is 7.98. The minimum Gasteiger partial charge on any atom is -0.465 e. The quantitative estimate of drug-likeness (QED) is 0.526. The molecule has 0 bridgehead atoms. The molecule has 0 aliphatic rings. The van der Waals surface area contributed by atoms with Crippen LogP contribution in [-0.4, -0.2) is 18.1 Å². The summed E-state index contributed by atoms with van der Waals surface area (Å²) in [6, 6.07) is 5.32. The fourth-order valence-corrected chi connectivity index (χ4v) is 2.47. The zero-order valence-corrected chi connectivity index (χ0v) is 11.5. The molecule has 1 heterocycles. The molecule has 100 valence electrons. The Hall–Kier alpha value is -1.95. The van der Waals surface area contributed by atoms with Crippen molar-refractivity contribution in [3.05, 3.63) is 41.3 Å². The highest BCUT2D eigenvalue weighted by Crippen LogP contribution is 2.26. The second-order valence-electron chi connectivity index (χ2n) is 3.92. The number of rotatable bonds is 4. The second kappa shape index (κ2) is 5.79. The lowest BCUT2D eigenvalue weighted by atomic mass is 10.1. The molecule has 19 heavy (non-hydrogen) atoms. The molecule has 0 radical (unpaired) electrons. The van der Waals surface area contributed by atoms with Crippen LogP contribution in [-0.2, 0) is 10.5 Å². The molecule has 0 aliphatic carbocycles. The number of carbonyl (C=O) groups excluding carboxylic acids is 1. The number of hydrogen-bond acceptors (Lipinski definition) is 6. The van der Waals surface area contributed by atoms with E-state index in [1.54, 1.807) is 18.4 Å². The van der Waals surface area contributed by atoms with Gasteiger partial charge in [0.1, 0.15) is 6.26 Å². The van der Waals surface area contributed by atoms with Crippen LogP contribution in [0.15, 0.2) is 34.1 Å². The molecule has 6 heteroatoms. The number of oxazole rings is 1. The number of ether oxygens (including phenoxy) is 1. The van der Waals surface area contributed by atoms with E-state index in [9.17, 15) is 4.79 Å². The molecule has 5 nitrogen and oxygen atoms in total. The fraction of sp³-hybridized carbons (Fsp3) is 0.231. The van der Waals surface area contributed by atoms with Gasteiger partial charge in [0, 0.05) is 11.4 Å². The van der Waals surface area contributed by atoms with Gasteiger partial charge in [-0.1, -0.05) is 23.9 Å². The third kappa shape index (κ3) is 3.08. The second-order valence-corrected chi connectivity index (χ2v) is 4.84. The number of carbonyl (C=O) groups is 1. The molecule has 0 fully saturated rings. The lowest BCUT2D eigenvalue weighted by Gasteiger charge is -2.09. The number of esters is 1. The monoisotopic (exact) mass is 278 g/mol. The Kier molecular flexibility index (Phi) is 4.11. The Balaban J connectivity index is 2.20. The van der Waals surface area contributed by atoms with E-state index in [0.717, 1.165) is 11.3 Å². The Morgan fingerprint density at radius 1 is 1.53 bits per heavy atom. The van der Waals surface area contributed by atoms with Crippen LogP contribution in [0.3, 0.4) is 0 Å². The average molecular weight is 278 g/mol. The first-order valence-corrected chi connectivity index (χ1v) is 6.61. The van der Waals surface area contributed by atoms with E-state index in [2.05, 4.69) is 4.98 Å². The molecule has 2 rings (SSSR count). The molecule has 0 atom stereocenters. The van der Waals surface area contributed by atoms with Gasteiger partial charge in [0.05, 0.1) is 18.4 Å². The summed E-state index contributed by atoms with van der Waals surface area (Å²) in [7, 11) is 1.34. The minimum atomic E-state index is -0.433. The van der Waals surface area contributed by atoms with Gasteiger partial charge >= 0.3 is 5.97 Å². The van der Waals surface area contributed by atoms with Gasteiger partial charge in [0.25, 0.3) is 5.22 Å². The van der Waals surface area contributed by atoms with Gasteiger partial charge in [-0.15, -0.1) is 0 Å². The van der Waals surface area contributed by atoms with Crippen molar-refractivity contribution in [3.63, 3.8) is 0 Å². The predicted octanol–water partition coefficient (Wildman–Crippen LogP) is 2.64. The van der Waals surface area contributed by atoms with E-state index in [0.29, 0.717) is 22.2 Å². The number of hydrogen-bond donors (Lipinski definition) is 1. The SMILES string of the molecule is COC(=O)c1c(N)cccc1CSc1nc(C)co1. The summed E-state index contributed by atoms with van der Waals surface area (Å²) in [4.78, 5) is 15.9. The summed E-state index contributed by atoms with van der Waals surface area (Å²) in [5.74, 6) is 0.104. The number of methoxy groups -OCH3 is 1. The highest BCUT2D eigenvalue weighted by atomic mass is 32.2. The molecular weight excluding hydrogens is 264 g/mol. The van der Waals surface area contributed by atoms with Crippen molar-refractivity contribution in [1.82, 2.24) is 4.98 Å². The predicted molar refractivity (Wildman–Crippen MR) is 73.0 cm³/mol. The molecule has 0 unspecified atom stereocenters. The van der Waals surface area contributed by atoms with E-state index in [-0.39, 0.29) is 0 Å². The number of nitrogen functional groups attached to an aromatic ring is 1. The third-order valence-corrected chi connectivity index (χ3v) is 3.41. The molecule has 2 N–H and O–H groups in total. The molecule has 0 aliphatic heterocycles. The van der Waals surface area contributed by atoms with Crippen molar-refractivity contribution in [2.45, 2.75) is 17.9 Å². The molecule has 0 spiro atoms. The van der Waals surface area contributed by atoms with Crippen LogP contribution < -0.4 is 5.73 Å². The van der Waals surface area contributed by atoms with E-state index in [1.165, 1.54) is 18.9 Å². The van der Waals surface area contributed by atoms with Crippen LogP contribution in [0.5, 0.6) is 0 Å². The Bertz CT molecular complexity index is 595. The number of aromatic nitrogens is 1. The minimum absolute atomic E-state index is 0.403. The standard InChI is InChI=1S/C13H14N2O3S/c1-8-6-18-13(15-8)19-7-9-4-3-5-10(14)11(9)12(16)17-2/h3-6H,7,14H2,1-2H3. The molecule has 0 amide bonds. The number of thioether (sulfide) groups is 1. The van der Waals surface area contributed by atoms with Crippen molar-refractivity contribution in [1.29, 1.82) is 0 Å². The van der Waals surface area contributed by atoms with Crippen molar-refractivity contribution < 1.29 is 13.9 Å². The van der Waals surface area contributed by atoms with Gasteiger partial charge in [0.2, 0.25) is 0 Å². The van der Waals surface area contributed by atoms with Crippen molar-refractivity contribution in [2.24, 2.45) is 0 Å². The zero-order valence-electron chi connectivity index (χ0n) is 10.7. The maximum absolute atomic E-state index is 11.7. The average Bonchev–Trinajstić information content (AvgIpc) is 2.81. The van der Waals surface area contributed by atoms with Gasteiger partial charge in [-0.25, -0.2) is 9.78 Å². The van der Waals surface area contributed by atoms with Crippen LogP contribution in [0.4, 0.5) is 5.69 Å². The Morgan fingerprint density at radius 2 is 2.32 bits per heavy atom. The molecule has 0 saturated carbocycles. The first-order chi connectivity index (χ1) is 9.11. The molecular formula is C13H14N2O3S. The van der Waals surface area contributed by atoms with Gasteiger partial charge in [-0.2, -0.15) is 0 Å². The van der Waals surface area contributed by atoms with E-state index >= 15 is 0 Å². The summed E-state index contributed by atoms with van der Waals surface area (Å²) in [5.41, 5.74) is 8.26. The van der Waals surface area contributed by atoms with Crippen LogP contribution >= 0.6 is 11.8 Å². The van der Waals surface area contributed by atoms with Crippen LogP contribution in [0, 0.1) is 6.92 Å². The zero-order chi connectivity index (χ0) is 13.8. The highest BCUT2D eigenvalue weighted by Gasteiger charge is 2.16. The maximum atomic E-state index is 11.7. The van der Waals surface area contributed by atoms with Gasteiger partial charge in [-0.3, -0.25) is 0 Å². The number of nitrogens with zero attached hydrogens (tertiary/aromatic N) is 1. The molecule has 1 aromatic carbocycles. The number of benzene rings is 1. The first-order valence-electron chi connectivity index (χ1n) is 5.62. The Morgan fingerprint density at radius 3 is 2.95 bits per heavy atom. The van der Waals surface area contributed by atoms with Crippen LogP contribution in [0.1, 0.15) is 21.6 Å². The maximum Gasteiger partial charge on any atom is 0.340 e. The molecule has 2 aromatic rings. The van der Waals surface area contributed by atoms with Crippen molar-refractivity contribution in [3.8, 4) is 0 Å². The van der Waals surface area contributed by atoms with E-state index < -0.39 is 5.97 Å². The number of nitrogens with two attached hydrogens (primary N) is 1. The lowest BCUT2D eigenvalue weighted by Crippen LogP contribution is -2.09. The Labute approximate surface area is 115 Å². The normalized spacial score (nSPS) is 10.4. The smallest absolute Gasteiger partial charge is 0.340 e. The third-order valence-electron chi connectivity index (χ3n) is 2.52. The first kappa shape index (κ1) is 13.5. The summed E-state index contributed by atoms with van der Waals surface area (Å²) in [6.45, 7) is 1.86.